The molecule has 1 aromatic carbocycles. The smallest absolute Gasteiger partial charge is 0.374 e. The number of amides is 1. The van der Waals surface area contributed by atoms with Crippen molar-refractivity contribution in [3.63, 3.8) is 0 Å². The third kappa shape index (κ3) is 3.92. The van der Waals surface area contributed by atoms with Gasteiger partial charge in [0.15, 0.2) is 5.82 Å². The molecule has 1 aromatic heterocycles. The third-order valence-corrected chi connectivity index (χ3v) is 5.33. The van der Waals surface area contributed by atoms with Crippen LogP contribution in [0.5, 0.6) is 0 Å². The zero-order chi connectivity index (χ0) is 20.5. The van der Waals surface area contributed by atoms with Crippen LogP contribution >= 0.6 is 0 Å². The van der Waals surface area contributed by atoms with Crippen LogP contribution in [-0.2, 0) is 30.3 Å². The van der Waals surface area contributed by atoms with Gasteiger partial charge in [0.05, 0.1) is 12.5 Å². The minimum Gasteiger partial charge on any atom is -0.374 e. The van der Waals surface area contributed by atoms with Crippen molar-refractivity contribution in [2.24, 2.45) is 7.05 Å². The maximum absolute atomic E-state index is 13.6. The van der Waals surface area contributed by atoms with E-state index in [1.165, 1.54) is 24.4 Å². The lowest BCUT2D eigenvalue weighted by atomic mass is 9.89. The van der Waals surface area contributed by atoms with Gasteiger partial charge in [-0.1, -0.05) is 18.2 Å². The zero-order valence-electron chi connectivity index (χ0n) is 15.9. The molecular formula is C20H24F3N3O2. The molecule has 2 aromatic rings. The Balaban J connectivity index is 1.75. The number of alkyl halides is 3. The van der Waals surface area contributed by atoms with Crippen LogP contribution in [0, 0.1) is 0 Å². The van der Waals surface area contributed by atoms with Crippen LogP contribution in [0.4, 0.5) is 13.2 Å². The minimum absolute atomic E-state index is 0.474. The van der Waals surface area contributed by atoms with Gasteiger partial charge in [-0.2, -0.15) is 13.2 Å². The zero-order valence-corrected chi connectivity index (χ0v) is 15.9. The van der Waals surface area contributed by atoms with Gasteiger partial charge in [-0.05, 0) is 49.3 Å². The molecule has 1 heterocycles. The molecule has 0 unspecified atom stereocenters. The highest BCUT2D eigenvalue weighted by Gasteiger charge is 2.58. The first kappa shape index (κ1) is 20.4. The van der Waals surface area contributed by atoms with Crippen LogP contribution in [0.3, 0.4) is 0 Å². The number of benzene rings is 1. The Morgan fingerprint density at radius 1 is 1.29 bits per heavy atom. The van der Waals surface area contributed by atoms with Gasteiger partial charge in [0, 0.05) is 19.4 Å². The molecule has 2 atom stereocenters. The summed E-state index contributed by atoms with van der Waals surface area (Å²) in [4.78, 5) is 16.0. The van der Waals surface area contributed by atoms with Gasteiger partial charge in [0.2, 0.25) is 11.5 Å². The lowest BCUT2D eigenvalue weighted by Crippen LogP contribution is -2.48. The molecular weight excluding hydrogens is 371 g/mol. The van der Waals surface area contributed by atoms with Crippen molar-refractivity contribution in [2.45, 2.75) is 56.8 Å². The fourth-order valence-corrected chi connectivity index (χ4v) is 3.70. The Hall–Kier alpha value is -2.35. The molecule has 1 aliphatic rings. The van der Waals surface area contributed by atoms with E-state index in [0.717, 1.165) is 42.0 Å². The normalized spacial score (nSPS) is 17.5. The van der Waals surface area contributed by atoms with E-state index in [0.29, 0.717) is 0 Å². The number of carbonyl (C=O) groups is 1. The first-order valence-corrected chi connectivity index (χ1v) is 9.30. The average Bonchev–Trinajstić information content (AvgIpc) is 3.06. The van der Waals surface area contributed by atoms with Gasteiger partial charge >= 0.3 is 6.18 Å². The van der Waals surface area contributed by atoms with Gasteiger partial charge in [-0.3, -0.25) is 4.79 Å². The van der Waals surface area contributed by atoms with Crippen molar-refractivity contribution >= 4 is 5.91 Å². The Bertz CT molecular complexity index is 863. The van der Waals surface area contributed by atoms with Crippen LogP contribution in [0.15, 0.2) is 30.6 Å². The summed E-state index contributed by atoms with van der Waals surface area (Å²) in [5.74, 6) is -1.51. The number of nitrogens with one attached hydrogen (secondary N) is 1. The Morgan fingerprint density at radius 3 is 2.57 bits per heavy atom. The van der Waals surface area contributed by atoms with E-state index in [1.807, 2.05) is 18.2 Å². The largest absolute Gasteiger partial charge is 0.425 e. The van der Waals surface area contributed by atoms with Crippen molar-refractivity contribution in [3.05, 3.63) is 53.1 Å². The van der Waals surface area contributed by atoms with E-state index >= 15 is 0 Å². The topological polar surface area (TPSA) is 67.2 Å². The summed E-state index contributed by atoms with van der Waals surface area (Å²) < 4.78 is 41.8. The minimum atomic E-state index is -5.04. The molecule has 28 heavy (non-hydrogen) atoms. The van der Waals surface area contributed by atoms with E-state index in [-0.39, 0.29) is 0 Å². The maximum atomic E-state index is 13.6. The molecule has 0 saturated heterocycles. The van der Waals surface area contributed by atoms with Crippen LogP contribution in [0.2, 0.25) is 0 Å². The number of nitrogens with zero attached hydrogens (tertiary/aromatic N) is 2. The van der Waals surface area contributed by atoms with Crippen LogP contribution in [0.1, 0.15) is 54.7 Å². The summed E-state index contributed by atoms with van der Waals surface area (Å²) in [6.45, 7) is 1.72. The molecule has 0 aliphatic heterocycles. The predicted molar refractivity (Wildman–Crippen MR) is 97.4 cm³/mol. The Labute approximate surface area is 161 Å². The van der Waals surface area contributed by atoms with Crippen molar-refractivity contribution in [2.75, 3.05) is 0 Å². The van der Waals surface area contributed by atoms with E-state index < -0.39 is 36.0 Å². The van der Waals surface area contributed by atoms with E-state index in [4.69, 9.17) is 0 Å². The number of rotatable bonds is 5. The summed E-state index contributed by atoms with van der Waals surface area (Å²) in [6.07, 6.45) is 0.505. The first-order chi connectivity index (χ1) is 13.1. The molecule has 2 N–H and O–H groups in total. The molecule has 1 amide bonds. The van der Waals surface area contributed by atoms with Crippen LogP contribution < -0.4 is 5.32 Å². The standard InChI is InChI=1S/C20H24F3N3O2/c1-13(15-8-7-14-5-3-4-6-16(14)11-15)25-17(27)12-19(28,20(21,22)23)18-24-9-10-26(18)2/h7-11,13,28H,3-6,12H2,1-2H3,(H,25,27)/t13-,19-/m1/s1. The SMILES string of the molecule is C[C@@H](NC(=O)C[C@@](O)(c1nccn1C)C(F)(F)F)c1ccc2c(c1)CCCC2. The number of carbonyl (C=O) groups excluding carboxylic acids is 1. The Kier molecular flexibility index (Phi) is 5.52. The number of aryl methyl sites for hydroxylation is 3. The molecule has 0 saturated carbocycles. The molecule has 3 rings (SSSR count). The maximum Gasteiger partial charge on any atom is 0.425 e. The van der Waals surface area contributed by atoms with Gasteiger partial charge in [-0.15, -0.1) is 0 Å². The van der Waals surface area contributed by atoms with Crippen LogP contribution in [0.25, 0.3) is 0 Å². The molecule has 8 heteroatoms. The summed E-state index contributed by atoms with van der Waals surface area (Å²) in [7, 11) is 1.34. The average molecular weight is 395 g/mol. The van der Waals surface area contributed by atoms with Crippen LogP contribution in [-0.4, -0.2) is 26.7 Å². The molecule has 5 nitrogen and oxygen atoms in total. The summed E-state index contributed by atoms with van der Waals surface area (Å²) in [6, 6.07) is 5.45. The quantitative estimate of drug-likeness (QED) is 0.816. The molecule has 152 valence electrons. The highest BCUT2D eigenvalue weighted by Crippen LogP contribution is 2.40. The molecule has 0 fully saturated rings. The van der Waals surface area contributed by atoms with Gasteiger partial charge in [-0.25, -0.2) is 4.98 Å². The van der Waals surface area contributed by atoms with Gasteiger partial charge in [0.1, 0.15) is 0 Å². The molecule has 1 aliphatic carbocycles. The monoisotopic (exact) mass is 395 g/mol. The van der Waals surface area contributed by atoms with Crippen molar-refractivity contribution in [1.82, 2.24) is 14.9 Å². The van der Waals surface area contributed by atoms with E-state index in [2.05, 4.69) is 10.3 Å². The van der Waals surface area contributed by atoms with E-state index in [1.54, 1.807) is 6.92 Å². The second kappa shape index (κ2) is 7.58. The number of halogens is 3. The summed E-state index contributed by atoms with van der Waals surface area (Å²) >= 11 is 0. The third-order valence-electron chi connectivity index (χ3n) is 5.33. The van der Waals surface area contributed by atoms with Gasteiger partial charge < -0.3 is 15.0 Å². The summed E-state index contributed by atoms with van der Waals surface area (Å²) in [5.41, 5.74) is -0.00814. The highest BCUT2D eigenvalue weighted by molar-refractivity contribution is 5.77. The van der Waals surface area contributed by atoms with Crippen molar-refractivity contribution in [1.29, 1.82) is 0 Å². The predicted octanol–water partition coefficient (Wildman–Crippen LogP) is 3.32. The number of hydrogen-bond acceptors (Lipinski definition) is 3. The first-order valence-electron chi connectivity index (χ1n) is 9.30. The highest BCUT2D eigenvalue weighted by atomic mass is 19.4. The van der Waals surface area contributed by atoms with Crippen molar-refractivity contribution in [3.8, 4) is 0 Å². The van der Waals surface area contributed by atoms with Gasteiger partial charge in [0.25, 0.3) is 0 Å². The number of fused-ring (bicyclic) bond motifs is 1. The fraction of sp³-hybridized carbons (Fsp3) is 0.500. The summed E-state index contributed by atoms with van der Waals surface area (Å²) in [5, 5.41) is 12.9. The van der Waals surface area contributed by atoms with Crippen molar-refractivity contribution < 1.29 is 23.1 Å². The lowest BCUT2D eigenvalue weighted by molar-refractivity contribution is -0.271. The number of aromatic nitrogens is 2. The number of imidazole rings is 1. The lowest BCUT2D eigenvalue weighted by Gasteiger charge is -2.30. The number of aliphatic hydroxyl groups is 1. The molecule has 0 spiro atoms. The van der Waals surface area contributed by atoms with E-state index in [9.17, 15) is 23.1 Å². The molecule has 0 radical (unpaired) electrons. The second-order valence-corrected chi connectivity index (χ2v) is 7.42. The molecule has 0 bridgehead atoms. The number of hydrogen-bond donors (Lipinski definition) is 2. The Morgan fingerprint density at radius 2 is 1.96 bits per heavy atom. The second-order valence-electron chi connectivity index (χ2n) is 7.42. The fourth-order valence-electron chi connectivity index (χ4n) is 3.70.